The highest BCUT2D eigenvalue weighted by atomic mass is 16.7. The van der Waals surface area contributed by atoms with Crippen LogP contribution in [0.15, 0.2) is 22.9 Å². The molecule has 1 saturated heterocycles. The fourth-order valence-corrected chi connectivity index (χ4v) is 2.98. The van der Waals surface area contributed by atoms with Gasteiger partial charge in [0.05, 0.1) is 17.8 Å². The van der Waals surface area contributed by atoms with Crippen molar-refractivity contribution in [1.29, 1.82) is 0 Å². The lowest BCUT2D eigenvalue weighted by atomic mass is 9.70. The Morgan fingerprint density at radius 3 is 2.15 bits per heavy atom. The molecule has 0 bridgehead atoms. The molecular weight excluding hydrogens is 251 g/mol. The van der Waals surface area contributed by atoms with Crippen LogP contribution in [0.25, 0.3) is 0 Å². The van der Waals surface area contributed by atoms with E-state index >= 15 is 0 Å². The van der Waals surface area contributed by atoms with Gasteiger partial charge in [-0.15, -0.1) is 0 Å². The zero-order valence-corrected chi connectivity index (χ0v) is 13.5. The quantitative estimate of drug-likeness (QED) is 0.684. The lowest BCUT2D eigenvalue weighted by molar-refractivity contribution is 0.00578. The van der Waals surface area contributed by atoms with Gasteiger partial charge in [0.1, 0.15) is 5.76 Å². The van der Waals surface area contributed by atoms with E-state index in [-0.39, 0.29) is 23.7 Å². The van der Waals surface area contributed by atoms with E-state index in [2.05, 4.69) is 47.6 Å². The first-order valence-corrected chi connectivity index (χ1v) is 7.55. The molecule has 1 aliphatic carbocycles. The zero-order valence-electron chi connectivity index (χ0n) is 13.5. The van der Waals surface area contributed by atoms with E-state index in [0.29, 0.717) is 0 Å². The van der Waals surface area contributed by atoms with Crippen LogP contribution in [-0.4, -0.2) is 24.9 Å². The third kappa shape index (κ3) is 2.04. The van der Waals surface area contributed by atoms with Crippen LogP contribution < -0.4 is 0 Å². The minimum atomic E-state index is -0.269. The molecule has 3 rings (SSSR count). The van der Waals surface area contributed by atoms with Crippen molar-refractivity contribution < 1.29 is 14.0 Å². The third-order valence-corrected chi connectivity index (χ3v) is 5.16. The molecule has 0 aromatic heterocycles. The van der Waals surface area contributed by atoms with Gasteiger partial charge >= 0.3 is 7.12 Å². The second-order valence-electron chi connectivity index (χ2n) is 7.82. The summed E-state index contributed by atoms with van der Waals surface area (Å²) in [6.45, 7) is 13.7. The summed E-state index contributed by atoms with van der Waals surface area (Å²) in [5.41, 5.74) is 2.14. The molecule has 2 aliphatic heterocycles. The van der Waals surface area contributed by atoms with Crippen molar-refractivity contribution in [2.24, 2.45) is 5.41 Å². The van der Waals surface area contributed by atoms with Crippen molar-refractivity contribution in [1.82, 2.24) is 0 Å². The van der Waals surface area contributed by atoms with Crippen molar-refractivity contribution >= 4 is 7.12 Å². The van der Waals surface area contributed by atoms with Crippen LogP contribution in [0.5, 0.6) is 0 Å². The predicted octanol–water partition coefficient (Wildman–Crippen LogP) is 3.65. The highest BCUT2D eigenvalue weighted by molar-refractivity contribution is 6.54. The fraction of sp³-hybridized carbons (Fsp3) is 0.750. The topological polar surface area (TPSA) is 27.7 Å². The molecule has 0 radical (unpaired) electrons. The largest absolute Gasteiger partial charge is 0.497 e. The molecule has 110 valence electrons. The number of rotatable bonds is 1. The maximum atomic E-state index is 6.17. The fourth-order valence-electron chi connectivity index (χ4n) is 2.98. The summed E-state index contributed by atoms with van der Waals surface area (Å²) in [7, 11) is -0.217. The van der Waals surface area contributed by atoms with Crippen molar-refractivity contribution in [3.8, 4) is 0 Å². The summed E-state index contributed by atoms with van der Waals surface area (Å²) in [5.74, 6) is 1.16. The summed E-state index contributed by atoms with van der Waals surface area (Å²) in [6.07, 6.45) is 4.19. The van der Waals surface area contributed by atoms with Gasteiger partial charge in [-0.1, -0.05) is 19.9 Å². The summed E-state index contributed by atoms with van der Waals surface area (Å²) in [5, 5.41) is 0. The summed E-state index contributed by atoms with van der Waals surface area (Å²) < 4.78 is 18.2. The van der Waals surface area contributed by atoms with Gasteiger partial charge in [-0.2, -0.15) is 0 Å². The van der Waals surface area contributed by atoms with Crippen LogP contribution in [0.4, 0.5) is 0 Å². The molecule has 20 heavy (non-hydrogen) atoms. The molecule has 0 saturated carbocycles. The second-order valence-corrected chi connectivity index (χ2v) is 7.82. The molecule has 4 heteroatoms. The van der Waals surface area contributed by atoms with E-state index < -0.39 is 0 Å². The number of allylic oxidation sites excluding steroid dienone is 3. The molecule has 0 spiro atoms. The molecule has 0 amide bonds. The smallest absolute Gasteiger partial charge is 0.490 e. The third-order valence-electron chi connectivity index (χ3n) is 5.16. The van der Waals surface area contributed by atoms with Gasteiger partial charge in [-0.05, 0) is 45.2 Å². The maximum Gasteiger partial charge on any atom is 0.490 e. The van der Waals surface area contributed by atoms with E-state index in [1.807, 2.05) is 0 Å². The van der Waals surface area contributed by atoms with Gasteiger partial charge in [0.2, 0.25) is 0 Å². The van der Waals surface area contributed by atoms with Gasteiger partial charge < -0.3 is 14.0 Å². The van der Waals surface area contributed by atoms with E-state index in [1.54, 1.807) is 0 Å². The van der Waals surface area contributed by atoms with Crippen LogP contribution in [0.2, 0.25) is 0 Å². The van der Waals surface area contributed by atoms with Crippen molar-refractivity contribution in [2.75, 3.05) is 6.61 Å². The summed E-state index contributed by atoms with van der Waals surface area (Å²) >= 11 is 0. The van der Waals surface area contributed by atoms with Crippen LogP contribution in [0.1, 0.15) is 54.4 Å². The first-order chi connectivity index (χ1) is 9.12. The monoisotopic (exact) mass is 276 g/mol. The zero-order chi connectivity index (χ0) is 14.8. The number of hydrogen-bond donors (Lipinski definition) is 0. The Balaban J connectivity index is 1.87. The first kappa shape index (κ1) is 14.2. The lowest BCUT2D eigenvalue weighted by Crippen LogP contribution is -2.41. The van der Waals surface area contributed by atoms with Gasteiger partial charge in [0.15, 0.2) is 0 Å². The van der Waals surface area contributed by atoms with Crippen molar-refractivity contribution in [2.45, 2.75) is 65.6 Å². The van der Waals surface area contributed by atoms with E-state index in [1.165, 1.54) is 11.0 Å². The van der Waals surface area contributed by atoms with Gasteiger partial charge in [-0.3, -0.25) is 0 Å². The Hall–Kier alpha value is -0.735. The Morgan fingerprint density at radius 1 is 0.950 bits per heavy atom. The normalized spacial score (nSPS) is 30.1. The number of ether oxygens (including phenoxy) is 1. The molecule has 1 fully saturated rings. The molecule has 3 aliphatic rings. The average molecular weight is 276 g/mol. The van der Waals surface area contributed by atoms with Crippen molar-refractivity contribution in [3.63, 3.8) is 0 Å². The van der Waals surface area contributed by atoms with Crippen LogP contribution in [0.3, 0.4) is 0 Å². The Kier molecular flexibility index (Phi) is 2.94. The molecule has 0 N–H and O–H groups in total. The van der Waals surface area contributed by atoms with Gasteiger partial charge in [-0.25, -0.2) is 0 Å². The van der Waals surface area contributed by atoms with Gasteiger partial charge in [0.25, 0.3) is 0 Å². The minimum Gasteiger partial charge on any atom is -0.497 e. The van der Waals surface area contributed by atoms with Crippen LogP contribution >= 0.6 is 0 Å². The summed E-state index contributed by atoms with van der Waals surface area (Å²) in [4.78, 5) is 0. The highest BCUT2D eigenvalue weighted by Crippen LogP contribution is 2.45. The van der Waals surface area contributed by atoms with E-state index in [9.17, 15) is 0 Å². The Morgan fingerprint density at radius 2 is 1.55 bits per heavy atom. The standard InChI is InChI=1S/C16H25BO3/c1-14(2)10-18-13-8-7-11(9-12(13)14)17-19-15(3,4)16(5,6)20-17/h9H,7-8,10H2,1-6H3. The van der Waals surface area contributed by atoms with Crippen LogP contribution in [0, 0.1) is 5.41 Å². The lowest BCUT2D eigenvalue weighted by Gasteiger charge is -2.32. The summed E-state index contributed by atoms with van der Waals surface area (Å²) in [6, 6.07) is 0. The Labute approximate surface area is 122 Å². The molecule has 0 atom stereocenters. The molecular formula is C16H25BO3. The van der Waals surface area contributed by atoms with Crippen LogP contribution in [-0.2, 0) is 14.0 Å². The van der Waals surface area contributed by atoms with Crippen molar-refractivity contribution in [3.05, 3.63) is 22.9 Å². The first-order valence-electron chi connectivity index (χ1n) is 7.55. The maximum absolute atomic E-state index is 6.17. The molecule has 0 aromatic carbocycles. The SMILES string of the molecule is CC1(C)COC2=C1C=C(B1OC(C)(C)C(C)(C)O1)CC2. The predicted molar refractivity (Wildman–Crippen MR) is 80.2 cm³/mol. The van der Waals surface area contributed by atoms with Gasteiger partial charge in [0, 0.05) is 11.8 Å². The van der Waals surface area contributed by atoms with E-state index in [0.717, 1.165) is 25.2 Å². The molecule has 0 aromatic rings. The molecule has 0 unspecified atom stereocenters. The highest BCUT2D eigenvalue weighted by Gasteiger charge is 2.53. The average Bonchev–Trinajstić information content (AvgIpc) is 2.74. The minimum absolute atomic E-state index is 0.102. The molecule has 3 nitrogen and oxygen atoms in total. The Bertz CT molecular complexity index is 484. The van der Waals surface area contributed by atoms with E-state index in [4.69, 9.17) is 14.0 Å². The number of hydrogen-bond acceptors (Lipinski definition) is 3. The second kappa shape index (κ2) is 4.14. The molecule has 2 heterocycles.